The molecule has 0 aliphatic carbocycles. The lowest BCUT2D eigenvalue weighted by molar-refractivity contribution is -0.136. The monoisotopic (exact) mass is 232 g/mol. The highest BCUT2D eigenvalue weighted by Gasteiger charge is 2.27. The van der Waals surface area contributed by atoms with Crippen molar-refractivity contribution in [2.75, 3.05) is 6.54 Å². The van der Waals surface area contributed by atoms with Gasteiger partial charge in [-0.15, -0.1) is 0 Å². The van der Waals surface area contributed by atoms with Crippen molar-refractivity contribution >= 4 is 5.91 Å². The van der Waals surface area contributed by atoms with Crippen LogP contribution in [0.1, 0.15) is 30.9 Å². The minimum atomic E-state index is -0.00527. The van der Waals surface area contributed by atoms with Crippen LogP contribution in [0.3, 0.4) is 0 Å². The number of amides is 1. The van der Waals surface area contributed by atoms with Crippen LogP contribution >= 0.6 is 0 Å². The highest BCUT2D eigenvalue weighted by molar-refractivity contribution is 5.79. The number of nitrogens with zero attached hydrogens (tertiary/aromatic N) is 1. The maximum absolute atomic E-state index is 12.3. The summed E-state index contributed by atoms with van der Waals surface area (Å²) >= 11 is 0. The van der Waals surface area contributed by atoms with E-state index in [0.29, 0.717) is 6.54 Å². The van der Waals surface area contributed by atoms with Gasteiger partial charge in [-0.05, 0) is 17.5 Å². The Morgan fingerprint density at radius 3 is 2.41 bits per heavy atom. The third-order valence-corrected chi connectivity index (χ3v) is 3.42. The summed E-state index contributed by atoms with van der Waals surface area (Å²) in [5, 5.41) is 0. The summed E-state index contributed by atoms with van der Waals surface area (Å²) in [6, 6.07) is 8.25. The molecule has 1 aliphatic rings. The van der Waals surface area contributed by atoms with E-state index >= 15 is 0 Å². The van der Waals surface area contributed by atoms with Crippen molar-refractivity contribution in [3.8, 4) is 0 Å². The lowest BCUT2D eigenvalue weighted by atomic mass is 10.0. The topological polar surface area (TPSA) is 46.3 Å². The predicted molar refractivity (Wildman–Crippen MR) is 68.1 cm³/mol. The molecule has 1 aromatic rings. The predicted octanol–water partition coefficient (Wildman–Crippen LogP) is 1.90. The molecule has 2 N–H and O–H groups in total. The van der Waals surface area contributed by atoms with Gasteiger partial charge in [0.25, 0.3) is 0 Å². The van der Waals surface area contributed by atoms with Crippen LogP contribution in [0.5, 0.6) is 0 Å². The third-order valence-electron chi connectivity index (χ3n) is 3.42. The zero-order valence-electron chi connectivity index (χ0n) is 10.4. The van der Waals surface area contributed by atoms with Gasteiger partial charge in [-0.3, -0.25) is 4.79 Å². The zero-order chi connectivity index (χ0) is 12.3. The molecule has 92 valence electrons. The van der Waals surface area contributed by atoms with Crippen LogP contribution in [-0.4, -0.2) is 17.4 Å². The van der Waals surface area contributed by atoms with Gasteiger partial charge in [0.2, 0.25) is 5.91 Å². The molecular formula is C14H20N2O. The average Bonchev–Trinajstić information content (AvgIpc) is 2.78. The molecule has 0 saturated heterocycles. The highest BCUT2D eigenvalue weighted by atomic mass is 16.2. The smallest absolute Gasteiger partial charge is 0.227 e. The molecule has 3 heteroatoms. The van der Waals surface area contributed by atoms with Gasteiger partial charge >= 0.3 is 0 Å². The van der Waals surface area contributed by atoms with Gasteiger partial charge in [0.15, 0.2) is 0 Å². The van der Waals surface area contributed by atoms with Crippen LogP contribution in [0.15, 0.2) is 24.3 Å². The van der Waals surface area contributed by atoms with E-state index in [1.54, 1.807) is 0 Å². The van der Waals surface area contributed by atoms with E-state index in [4.69, 9.17) is 5.73 Å². The summed E-state index contributed by atoms with van der Waals surface area (Å²) in [4.78, 5) is 14.2. The minimum absolute atomic E-state index is 0.00527. The standard InChI is InChI=1S/C14H20N2O/c1-2-5-11(8-15)14(17)16-9-12-6-3-4-7-13(12)10-16/h3-4,6-7,11H,2,5,8-10,15H2,1H3. The molecule has 1 unspecified atom stereocenters. The first kappa shape index (κ1) is 12.1. The number of hydrogen-bond donors (Lipinski definition) is 1. The lowest BCUT2D eigenvalue weighted by Crippen LogP contribution is -2.35. The van der Waals surface area contributed by atoms with Gasteiger partial charge in [-0.2, -0.15) is 0 Å². The van der Waals surface area contributed by atoms with E-state index in [2.05, 4.69) is 19.1 Å². The Labute approximate surface area is 103 Å². The molecule has 3 nitrogen and oxygen atoms in total. The second-order valence-electron chi connectivity index (χ2n) is 4.68. The molecule has 0 saturated carbocycles. The van der Waals surface area contributed by atoms with E-state index in [-0.39, 0.29) is 11.8 Å². The van der Waals surface area contributed by atoms with Gasteiger partial charge in [-0.1, -0.05) is 37.6 Å². The van der Waals surface area contributed by atoms with Crippen LogP contribution in [0.4, 0.5) is 0 Å². The van der Waals surface area contributed by atoms with Crippen molar-refractivity contribution in [1.82, 2.24) is 4.90 Å². The Hall–Kier alpha value is -1.35. The lowest BCUT2D eigenvalue weighted by Gasteiger charge is -2.21. The van der Waals surface area contributed by atoms with E-state index in [9.17, 15) is 4.79 Å². The van der Waals surface area contributed by atoms with Crippen molar-refractivity contribution in [3.63, 3.8) is 0 Å². The van der Waals surface area contributed by atoms with Crippen LogP contribution in [0.2, 0.25) is 0 Å². The van der Waals surface area contributed by atoms with Crippen LogP contribution in [0, 0.1) is 5.92 Å². The van der Waals surface area contributed by atoms with E-state index < -0.39 is 0 Å². The summed E-state index contributed by atoms with van der Waals surface area (Å²) in [7, 11) is 0. The van der Waals surface area contributed by atoms with Gasteiger partial charge < -0.3 is 10.6 Å². The first-order valence-electron chi connectivity index (χ1n) is 6.32. The molecule has 1 heterocycles. The van der Waals surface area contributed by atoms with Gasteiger partial charge in [0.05, 0.1) is 5.92 Å². The highest BCUT2D eigenvalue weighted by Crippen LogP contribution is 2.24. The second-order valence-corrected chi connectivity index (χ2v) is 4.68. The van der Waals surface area contributed by atoms with Crippen molar-refractivity contribution in [2.45, 2.75) is 32.9 Å². The van der Waals surface area contributed by atoms with Crippen molar-refractivity contribution in [2.24, 2.45) is 11.7 Å². The molecule has 1 amide bonds. The number of carbonyl (C=O) groups excluding carboxylic acids is 1. The maximum atomic E-state index is 12.3. The number of benzene rings is 1. The Bertz CT molecular complexity index is 378. The number of hydrogen-bond acceptors (Lipinski definition) is 2. The molecule has 17 heavy (non-hydrogen) atoms. The van der Waals surface area contributed by atoms with Crippen molar-refractivity contribution < 1.29 is 4.79 Å². The number of rotatable bonds is 4. The number of nitrogens with two attached hydrogens (primary N) is 1. The Balaban J connectivity index is 2.04. The maximum Gasteiger partial charge on any atom is 0.227 e. The minimum Gasteiger partial charge on any atom is -0.334 e. The number of fused-ring (bicyclic) bond motifs is 1. The first-order valence-corrected chi connectivity index (χ1v) is 6.32. The molecular weight excluding hydrogens is 212 g/mol. The average molecular weight is 232 g/mol. The largest absolute Gasteiger partial charge is 0.334 e. The molecule has 1 atom stereocenters. The molecule has 1 aromatic carbocycles. The molecule has 1 aliphatic heterocycles. The van der Waals surface area contributed by atoms with E-state index in [0.717, 1.165) is 25.9 Å². The van der Waals surface area contributed by atoms with Crippen LogP contribution in [-0.2, 0) is 17.9 Å². The zero-order valence-corrected chi connectivity index (χ0v) is 10.4. The Kier molecular flexibility index (Phi) is 3.79. The van der Waals surface area contributed by atoms with E-state index in [1.807, 2.05) is 17.0 Å². The fourth-order valence-electron chi connectivity index (χ4n) is 2.44. The molecule has 2 rings (SSSR count). The molecule has 0 spiro atoms. The molecule has 0 radical (unpaired) electrons. The third kappa shape index (κ3) is 2.50. The molecule has 0 bridgehead atoms. The van der Waals surface area contributed by atoms with Crippen molar-refractivity contribution in [3.05, 3.63) is 35.4 Å². The van der Waals surface area contributed by atoms with Gasteiger partial charge in [0.1, 0.15) is 0 Å². The second kappa shape index (κ2) is 5.32. The SMILES string of the molecule is CCCC(CN)C(=O)N1Cc2ccccc2C1. The van der Waals surface area contributed by atoms with Crippen LogP contribution in [0.25, 0.3) is 0 Å². The Morgan fingerprint density at radius 1 is 1.35 bits per heavy atom. The summed E-state index contributed by atoms with van der Waals surface area (Å²) in [5.41, 5.74) is 8.23. The number of carbonyl (C=O) groups is 1. The summed E-state index contributed by atoms with van der Waals surface area (Å²) in [6.07, 6.45) is 1.90. The van der Waals surface area contributed by atoms with Crippen LogP contribution < -0.4 is 5.73 Å². The van der Waals surface area contributed by atoms with Gasteiger partial charge in [0, 0.05) is 19.6 Å². The molecule has 0 aromatic heterocycles. The van der Waals surface area contributed by atoms with Crippen molar-refractivity contribution in [1.29, 1.82) is 0 Å². The Morgan fingerprint density at radius 2 is 1.94 bits per heavy atom. The first-order chi connectivity index (χ1) is 8.26. The quantitative estimate of drug-likeness (QED) is 0.862. The van der Waals surface area contributed by atoms with Gasteiger partial charge in [-0.25, -0.2) is 0 Å². The fraction of sp³-hybridized carbons (Fsp3) is 0.500. The summed E-state index contributed by atoms with van der Waals surface area (Å²) < 4.78 is 0. The summed E-state index contributed by atoms with van der Waals surface area (Å²) in [6.45, 7) is 4.04. The fourth-order valence-corrected chi connectivity index (χ4v) is 2.44. The van der Waals surface area contributed by atoms with E-state index in [1.165, 1.54) is 11.1 Å². The summed E-state index contributed by atoms with van der Waals surface area (Å²) in [5.74, 6) is 0.208. The molecule has 0 fully saturated rings. The normalized spacial score (nSPS) is 15.8.